The summed E-state index contributed by atoms with van der Waals surface area (Å²) in [6.07, 6.45) is 5.36. The number of phenolic OH excluding ortho intramolecular Hbond substituents is 1. The number of nitrogens with one attached hydrogen (secondary N) is 3. The predicted octanol–water partition coefficient (Wildman–Crippen LogP) is 3.36. The number of aromatic hydroxyl groups is 1. The minimum absolute atomic E-state index is 0.0188. The maximum Gasteiger partial charge on any atom is 0.319 e. The van der Waals surface area contributed by atoms with Crippen LogP contribution in [0.2, 0.25) is 5.02 Å². The maximum atomic E-state index is 13.1. The SMILES string of the molecule is O=C(Nc1ccc(Cl)c(S(=O)(=O)[C@H]2CCCNC2)c1O)NC1CCCc2ccoc21. The second-order valence-corrected chi connectivity index (χ2v) is 10.2. The summed E-state index contributed by atoms with van der Waals surface area (Å²) in [6, 6.07) is 3.79. The number of aryl methyl sites for hydroxylation is 1. The third kappa shape index (κ3) is 4.01. The molecule has 2 aliphatic rings. The van der Waals surface area contributed by atoms with Gasteiger partial charge in [-0.2, -0.15) is 0 Å². The molecule has 0 bridgehead atoms. The van der Waals surface area contributed by atoms with Gasteiger partial charge in [-0.05, 0) is 62.4 Å². The third-order valence-corrected chi connectivity index (χ3v) is 8.34. The molecule has 30 heavy (non-hydrogen) atoms. The van der Waals surface area contributed by atoms with Crippen molar-refractivity contribution in [2.45, 2.75) is 48.3 Å². The van der Waals surface area contributed by atoms with Crippen molar-refractivity contribution in [1.29, 1.82) is 0 Å². The van der Waals surface area contributed by atoms with Crippen LogP contribution < -0.4 is 16.0 Å². The van der Waals surface area contributed by atoms with Crippen molar-refractivity contribution in [1.82, 2.24) is 10.6 Å². The molecule has 8 nitrogen and oxygen atoms in total. The van der Waals surface area contributed by atoms with Crippen LogP contribution in [-0.2, 0) is 16.3 Å². The fourth-order valence-corrected chi connectivity index (χ4v) is 6.45. The number of hydrogen-bond donors (Lipinski definition) is 4. The highest BCUT2D eigenvalue weighted by Crippen LogP contribution is 2.39. The van der Waals surface area contributed by atoms with Gasteiger partial charge in [0.05, 0.1) is 28.3 Å². The molecule has 1 saturated heterocycles. The normalized spacial score (nSPS) is 21.6. The Morgan fingerprint density at radius 3 is 2.83 bits per heavy atom. The van der Waals surface area contributed by atoms with E-state index in [0.717, 1.165) is 43.6 Å². The molecule has 2 atom stereocenters. The number of hydrogen-bond acceptors (Lipinski definition) is 6. The number of benzene rings is 1. The van der Waals surface area contributed by atoms with Crippen LogP contribution in [0, 0.1) is 0 Å². The lowest BCUT2D eigenvalue weighted by atomic mass is 9.94. The van der Waals surface area contributed by atoms with Gasteiger partial charge in [0.25, 0.3) is 0 Å². The number of halogens is 1. The van der Waals surface area contributed by atoms with E-state index in [1.165, 1.54) is 12.1 Å². The molecule has 0 radical (unpaired) electrons. The summed E-state index contributed by atoms with van der Waals surface area (Å²) >= 11 is 6.14. The molecule has 162 valence electrons. The zero-order valence-corrected chi connectivity index (χ0v) is 17.9. The van der Waals surface area contributed by atoms with Crippen molar-refractivity contribution in [2.24, 2.45) is 0 Å². The van der Waals surface area contributed by atoms with Crippen LogP contribution >= 0.6 is 11.6 Å². The average Bonchev–Trinajstić information content (AvgIpc) is 3.21. The molecule has 1 aliphatic carbocycles. The molecule has 0 spiro atoms. The first kappa shape index (κ1) is 21.0. The van der Waals surface area contributed by atoms with Gasteiger partial charge in [0.15, 0.2) is 15.6 Å². The lowest BCUT2D eigenvalue weighted by Crippen LogP contribution is -2.39. The monoisotopic (exact) mass is 453 g/mol. The third-order valence-electron chi connectivity index (χ3n) is 5.65. The van der Waals surface area contributed by atoms with Crippen molar-refractivity contribution >= 4 is 33.2 Å². The Morgan fingerprint density at radius 1 is 1.23 bits per heavy atom. The molecule has 4 rings (SSSR count). The lowest BCUT2D eigenvalue weighted by Gasteiger charge is -2.24. The maximum absolute atomic E-state index is 13.1. The van der Waals surface area contributed by atoms with Gasteiger partial charge in [0, 0.05) is 6.54 Å². The number of urea groups is 1. The predicted molar refractivity (Wildman–Crippen MR) is 113 cm³/mol. The number of anilines is 1. The minimum Gasteiger partial charge on any atom is -0.504 e. The van der Waals surface area contributed by atoms with E-state index in [9.17, 15) is 18.3 Å². The summed E-state index contributed by atoms with van der Waals surface area (Å²) in [6.45, 7) is 1.05. The Labute approximate surface area is 179 Å². The van der Waals surface area contributed by atoms with Crippen LogP contribution in [0.5, 0.6) is 5.75 Å². The number of carbonyl (C=O) groups is 1. The Morgan fingerprint density at radius 2 is 2.07 bits per heavy atom. The van der Waals surface area contributed by atoms with Crippen LogP contribution in [-0.4, -0.2) is 37.9 Å². The van der Waals surface area contributed by atoms with E-state index in [-0.39, 0.29) is 21.6 Å². The van der Waals surface area contributed by atoms with Crippen LogP contribution in [0.25, 0.3) is 0 Å². The quantitative estimate of drug-likeness (QED) is 0.527. The van der Waals surface area contributed by atoms with Crippen LogP contribution in [0.15, 0.2) is 33.8 Å². The number of furan rings is 1. The van der Waals surface area contributed by atoms with Gasteiger partial charge in [-0.1, -0.05) is 11.6 Å². The highest BCUT2D eigenvalue weighted by molar-refractivity contribution is 7.92. The van der Waals surface area contributed by atoms with Crippen molar-refractivity contribution in [3.05, 3.63) is 40.8 Å². The molecule has 2 amide bonds. The van der Waals surface area contributed by atoms with E-state index in [1.807, 2.05) is 6.07 Å². The highest BCUT2D eigenvalue weighted by atomic mass is 35.5. The number of rotatable bonds is 4. The van der Waals surface area contributed by atoms with Gasteiger partial charge in [-0.15, -0.1) is 0 Å². The number of carbonyl (C=O) groups excluding carboxylic acids is 1. The molecular formula is C20H24ClN3O5S. The van der Waals surface area contributed by atoms with Gasteiger partial charge in [0.1, 0.15) is 10.7 Å². The molecule has 1 aromatic carbocycles. The standard InChI is InChI=1S/C20H24ClN3O5S/c21-14-6-7-15(17(25)19(14)30(27,28)13-4-2-9-22-11-13)23-20(26)24-16-5-1-3-12-8-10-29-18(12)16/h6-8,10,13,16,22,25H,1-5,9,11H2,(H2,23,24,26)/t13-,16?/m0/s1. The van der Waals surface area contributed by atoms with E-state index in [0.29, 0.717) is 13.0 Å². The number of phenols is 1. The van der Waals surface area contributed by atoms with Crippen molar-refractivity contribution < 1.29 is 22.7 Å². The molecular weight excluding hydrogens is 430 g/mol. The molecule has 4 N–H and O–H groups in total. The molecule has 0 saturated carbocycles. The minimum atomic E-state index is -3.87. The molecule has 10 heteroatoms. The summed E-state index contributed by atoms with van der Waals surface area (Å²) in [7, 11) is -3.87. The Hall–Kier alpha value is -2.23. The fourth-order valence-electron chi connectivity index (χ4n) is 4.11. The summed E-state index contributed by atoms with van der Waals surface area (Å²) < 4.78 is 31.6. The van der Waals surface area contributed by atoms with Gasteiger partial charge in [-0.3, -0.25) is 0 Å². The summed E-state index contributed by atoms with van der Waals surface area (Å²) in [5, 5.41) is 18.3. The van der Waals surface area contributed by atoms with E-state index >= 15 is 0 Å². The Balaban J connectivity index is 1.54. The van der Waals surface area contributed by atoms with Gasteiger partial charge < -0.3 is 25.5 Å². The van der Waals surface area contributed by atoms with Crippen LogP contribution in [0.3, 0.4) is 0 Å². The average molecular weight is 454 g/mol. The van der Waals surface area contributed by atoms with Crippen molar-refractivity contribution in [3.63, 3.8) is 0 Å². The first-order valence-corrected chi connectivity index (χ1v) is 11.9. The van der Waals surface area contributed by atoms with E-state index < -0.39 is 26.9 Å². The van der Waals surface area contributed by atoms with Crippen molar-refractivity contribution in [2.75, 3.05) is 18.4 Å². The van der Waals surface area contributed by atoms with Gasteiger partial charge >= 0.3 is 6.03 Å². The number of piperidine rings is 1. The van der Waals surface area contributed by atoms with Crippen molar-refractivity contribution in [3.8, 4) is 5.75 Å². The summed E-state index contributed by atoms with van der Waals surface area (Å²) in [4.78, 5) is 12.2. The molecule has 1 aromatic heterocycles. The van der Waals surface area contributed by atoms with E-state index in [2.05, 4.69) is 16.0 Å². The molecule has 2 heterocycles. The second-order valence-electron chi connectivity index (χ2n) is 7.64. The molecule has 1 unspecified atom stereocenters. The number of sulfone groups is 1. The van der Waals surface area contributed by atoms with E-state index in [1.54, 1.807) is 6.26 Å². The largest absolute Gasteiger partial charge is 0.504 e. The second kappa shape index (κ2) is 8.49. The first-order chi connectivity index (χ1) is 14.4. The number of fused-ring (bicyclic) bond motifs is 1. The van der Waals surface area contributed by atoms with Crippen LogP contribution in [0.4, 0.5) is 10.5 Å². The highest BCUT2D eigenvalue weighted by Gasteiger charge is 2.34. The fraction of sp³-hybridized carbons (Fsp3) is 0.450. The number of amides is 2. The molecule has 2 aromatic rings. The Bertz CT molecular complexity index is 1050. The first-order valence-electron chi connectivity index (χ1n) is 9.98. The Kier molecular flexibility index (Phi) is 5.95. The zero-order valence-electron chi connectivity index (χ0n) is 16.3. The van der Waals surface area contributed by atoms with Gasteiger partial charge in [0.2, 0.25) is 0 Å². The zero-order chi connectivity index (χ0) is 21.3. The molecule has 1 aliphatic heterocycles. The summed E-state index contributed by atoms with van der Waals surface area (Å²) in [5.41, 5.74) is 1.05. The summed E-state index contributed by atoms with van der Waals surface area (Å²) in [5.74, 6) is 0.176. The topological polar surface area (TPSA) is 121 Å². The van der Waals surface area contributed by atoms with Gasteiger partial charge in [-0.25, -0.2) is 13.2 Å². The molecule has 1 fully saturated rings. The lowest BCUT2D eigenvalue weighted by molar-refractivity contribution is 0.244. The smallest absolute Gasteiger partial charge is 0.319 e. The van der Waals surface area contributed by atoms with Crippen LogP contribution in [0.1, 0.15) is 43.0 Å². The van der Waals surface area contributed by atoms with E-state index in [4.69, 9.17) is 16.0 Å².